The van der Waals surface area contributed by atoms with Crippen molar-refractivity contribution in [3.05, 3.63) is 64.1 Å². The number of halogens is 1. The Kier molecular flexibility index (Phi) is 5.59. The lowest BCUT2D eigenvalue weighted by Crippen LogP contribution is -2.25. The molecule has 20 heavy (non-hydrogen) atoms. The highest BCUT2D eigenvalue weighted by Gasteiger charge is 2.16. The minimum absolute atomic E-state index is 0.0280. The van der Waals surface area contributed by atoms with E-state index in [1.807, 2.05) is 36.4 Å². The van der Waals surface area contributed by atoms with Crippen LogP contribution in [0.25, 0.3) is 0 Å². The van der Waals surface area contributed by atoms with E-state index in [1.165, 1.54) is 0 Å². The molecule has 106 valence electrons. The maximum atomic E-state index is 8.95. The van der Waals surface area contributed by atoms with Gasteiger partial charge in [-0.3, -0.25) is 0 Å². The number of benzene rings is 2. The van der Waals surface area contributed by atoms with Crippen LogP contribution in [0.3, 0.4) is 0 Å². The number of hydrogen-bond donors (Lipinski definition) is 3. The topological polar surface area (TPSA) is 58.3 Å². The molecular formula is C16H19BrN2O. The van der Waals surface area contributed by atoms with Crippen LogP contribution >= 0.6 is 15.9 Å². The summed E-state index contributed by atoms with van der Waals surface area (Å²) in [5.74, 6) is 0. The quantitative estimate of drug-likeness (QED) is 0.562. The van der Waals surface area contributed by atoms with Crippen molar-refractivity contribution < 1.29 is 5.11 Å². The Morgan fingerprint density at radius 3 is 2.60 bits per heavy atom. The van der Waals surface area contributed by atoms with Crippen molar-refractivity contribution in [1.29, 1.82) is 0 Å². The molecule has 2 aromatic carbocycles. The fraction of sp³-hybridized carbons (Fsp3) is 0.250. The molecule has 4 N–H and O–H groups in total. The van der Waals surface area contributed by atoms with Crippen LogP contribution in [-0.2, 0) is 0 Å². The Hall–Kier alpha value is -1.36. The van der Waals surface area contributed by atoms with Gasteiger partial charge in [0, 0.05) is 16.8 Å². The van der Waals surface area contributed by atoms with Gasteiger partial charge in [-0.2, -0.15) is 0 Å². The Labute approximate surface area is 127 Å². The average Bonchev–Trinajstić information content (AvgIpc) is 2.48. The van der Waals surface area contributed by atoms with E-state index < -0.39 is 0 Å². The second kappa shape index (κ2) is 7.43. The van der Waals surface area contributed by atoms with Gasteiger partial charge in [0.05, 0.1) is 6.04 Å². The molecule has 0 bridgehead atoms. The molecule has 0 fully saturated rings. The van der Waals surface area contributed by atoms with Gasteiger partial charge in [0.15, 0.2) is 0 Å². The summed E-state index contributed by atoms with van der Waals surface area (Å²) in [4.78, 5) is 0. The molecular weight excluding hydrogens is 316 g/mol. The van der Waals surface area contributed by atoms with Crippen molar-refractivity contribution in [3.63, 3.8) is 0 Å². The Morgan fingerprint density at radius 2 is 1.90 bits per heavy atom. The first kappa shape index (κ1) is 15.0. The monoisotopic (exact) mass is 334 g/mol. The molecule has 0 saturated heterocycles. The minimum atomic E-state index is 0.0280. The Bertz CT molecular complexity index is 545. The van der Waals surface area contributed by atoms with Gasteiger partial charge in [0.2, 0.25) is 0 Å². The van der Waals surface area contributed by atoms with Crippen LogP contribution in [0.2, 0.25) is 0 Å². The normalized spacial score (nSPS) is 12.3. The van der Waals surface area contributed by atoms with Crippen molar-refractivity contribution in [2.24, 2.45) is 0 Å². The number of aliphatic hydroxyl groups excluding tert-OH is 1. The molecule has 1 atom stereocenters. The predicted molar refractivity (Wildman–Crippen MR) is 86.5 cm³/mol. The van der Waals surface area contributed by atoms with E-state index in [-0.39, 0.29) is 12.6 Å². The summed E-state index contributed by atoms with van der Waals surface area (Å²) in [5.41, 5.74) is 9.09. The second-order valence-corrected chi connectivity index (χ2v) is 5.56. The van der Waals surface area contributed by atoms with Crippen LogP contribution in [0.5, 0.6) is 0 Å². The first-order valence-corrected chi connectivity index (χ1v) is 7.46. The molecule has 0 radical (unpaired) electrons. The molecule has 3 nitrogen and oxygen atoms in total. The van der Waals surface area contributed by atoms with Crippen LogP contribution < -0.4 is 11.1 Å². The minimum Gasteiger partial charge on any atom is -0.398 e. The third-order valence-corrected chi connectivity index (χ3v) is 3.67. The van der Waals surface area contributed by atoms with Crippen molar-refractivity contribution in [2.45, 2.75) is 12.5 Å². The third-order valence-electron chi connectivity index (χ3n) is 3.18. The van der Waals surface area contributed by atoms with Gasteiger partial charge >= 0.3 is 0 Å². The summed E-state index contributed by atoms with van der Waals surface area (Å²) < 4.78 is 1.01. The maximum absolute atomic E-state index is 8.95. The van der Waals surface area contributed by atoms with Crippen molar-refractivity contribution in [3.8, 4) is 0 Å². The van der Waals surface area contributed by atoms with E-state index >= 15 is 0 Å². The summed E-state index contributed by atoms with van der Waals surface area (Å²) in [6, 6.07) is 16.1. The van der Waals surface area contributed by atoms with Gasteiger partial charge in [-0.15, -0.1) is 0 Å². The number of rotatable bonds is 6. The van der Waals surface area contributed by atoms with Gasteiger partial charge in [0.25, 0.3) is 0 Å². The zero-order valence-electron chi connectivity index (χ0n) is 11.2. The van der Waals surface area contributed by atoms with E-state index in [2.05, 4.69) is 33.4 Å². The molecule has 0 aromatic heterocycles. The third kappa shape index (κ3) is 3.82. The lowest BCUT2D eigenvalue weighted by Gasteiger charge is -2.21. The number of nitrogen functional groups attached to an aromatic ring is 1. The summed E-state index contributed by atoms with van der Waals surface area (Å²) >= 11 is 3.50. The number of aliphatic hydroxyl groups is 1. The van der Waals surface area contributed by atoms with Crippen LogP contribution in [0.4, 0.5) is 5.69 Å². The Balaban J connectivity index is 2.33. The van der Waals surface area contributed by atoms with E-state index in [9.17, 15) is 0 Å². The molecule has 2 aromatic rings. The predicted octanol–water partition coefficient (Wildman–Crippen LogP) is 3.09. The second-order valence-electron chi connectivity index (χ2n) is 4.65. The lowest BCUT2D eigenvalue weighted by molar-refractivity contribution is 0.284. The molecule has 1 unspecified atom stereocenters. The highest BCUT2D eigenvalue weighted by Crippen LogP contribution is 2.29. The van der Waals surface area contributed by atoms with E-state index in [0.29, 0.717) is 0 Å². The van der Waals surface area contributed by atoms with Crippen LogP contribution in [0, 0.1) is 0 Å². The fourth-order valence-electron chi connectivity index (χ4n) is 2.17. The van der Waals surface area contributed by atoms with Gasteiger partial charge in [0.1, 0.15) is 0 Å². The van der Waals surface area contributed by atoms with Gasteiger partial charge in [-0.25, -0.2) is 0 Å². The zero-order valence-corrected chi connectivity index (χ0v) is 12.8. The van der Waals surface area contributed by atoms with Crippen LogP contribution in [0.1, 0.15) is 23.6 Å². The highest BCUT2D eigenvalue weighted by atomic mass is 79.9. The highest BCUT2D eigenvalue weighted by molar-refractivity contribution is 9.10. The first-order chi connectivity index (χ1) is 9.72. The van der Waals surface area contributed by atoms with E-state index in [0.717, 1.165) is 34.3 Å². The van der Waals surface area contributed by atoms with Crippen molar-refractivity contribution >= 4 is 21.6 Å². The van der Waals surface area contributed by atoms with Crippen molar-refractivity contribution in [2.75, 3.05) is 18.9 Å². The molecule has 0 aliphatic rings. The largest absolute Gasteiger partial charge is 0.398 e. The fourth-order valence-corrected chi connectivity index (χ4v) is 2.55. The molecule has 2 rings (SSSR count). The Morgan fingerprint density at radius 1 is 1.15 bits per heavy atom. The number of nitrogens with one attached hydrogen (secondary N) is 1. The smallest absolute Gasteiger partial charge is 0.0597 e. The molecule has 0 aliphatic carbocycles. The maximum Gasteiger partial charge on any atom is 0.0597 e. The first-order valence-electron chi connectivity index (χ1n) is 6.66. The SMILES string of the molecule is Nc1ccc(Br)cc1C(NCCCO)c1ccccc1. The lowest BCUT2D eigenvalue weighted by atomic mass is 9.97. The molecule has 0 amide bonds. The van der Waals surface area contributed by atoms with Crippen LogP contribution in [-0.4, -0.2) is 18.3 Å². The van der Waals surface area contributed by atoms with Gasteiger partial charge in [-0.1, -0.05) is 46.3 Å². The van der Waals surface area contributed by atoms with Gasteiger partial charge < -0.3 is 16.2 Å². The standard InChI is InChI=1S/C16H19BrN2O/c17-13-7-8-15(18)14(11-13)16(19-9-4-10-20)12-5-2-1-3-6-12/h1-3,5-8,11,16,19-20H,4,9-10,18H2. The van der Waals surface area contributed by atoms with Crippen molar-refractivity contribution in [1.82, 2.24) is 5.32 Å². The summed E-state index contributed by atoms with van der Waals surface area (Å²) in [6.45, 7) is 0.921. The van der Waals surface area contributed by atoms with E-state index in [1.54, 1.807) is 0 Å². The molecule has 0 heterocycles. The molecule has 0 aliphatic heterocycles. The van der Waals surface area contributed by atoms with E-state index in [4.69, 9.17) is 10.8 Å². The summed E-state index contributed by atoms with van der Waals surface area (Å²) in [6.07, 6.45) is 0.719. The average molecular weight is 335 g/mol. The molecule has 0 spiro atoms. The summed E-state index contributed by atoms with van der Waals surface area (Å²) in [7, 11) is 0. The zero-order chi connectivity index (χ0) is 14.4. The molecule has 4 heteroatoms. The van der Waals surface area contributed by atoms with Gasteiger partial charge in [-0.05, 0) is 42.3 Å². The molecule has 0 saturated carbocycles. The number of hydrogen-bond acceptors (Lipinski definition) is 3. The number of nitrogens with two attached hydrogens (primary N) is 1. The van der Waals surface area contributed by atoms with Crippen LogP contribution in [0.15, 0.2) is 53.0 Å². The number of anilines is 1. The summed E-state index contributed by atoms with van der Waals surface area (Å²) in [5, 5.41) is 12.4.